The molecule has 1 aromatic carbocycles. The van der Waals surface area contributed by atoms with E-state index in [4.69, 9.17) is 19.4 Å². The van der Waals surface area contributed by atoms with Gasteiger partial charge in [-0.05, 0) is 73.9 Å². The molecule has 13 nitrogen and oxygen atoms in total. The Labute approximate surface area is 316 Å². The number of carbonyl (C=O) groups is 3. The van der Waals surface area contributed by atoms with Crippen LogP contribution in [0.2, 0.25) is 0 Å². The van der Waals surface area contributed by atoms with Gasteiger partial charge in [-0.1, -0.05) is 31.9 Å². The summed E-state index contributed by atoms with van der Waals surface area (Å²) in [5.41, 5.74) is 7.22. The first-order chi connectivity index (χ1) is 26.5. The summed E-state index contributed by atoms with van der Waals surface area (Å²) in [6.07, 6.45) is 5.81. The molecule has 5 aromatic heterocycles. The maximum Gasteiger partial charge on any atom is 0.270 e. The van der Waals surface area contributed by atoms with Crippen molar-refractivity contribution in [3.8, 4) is 23.2 Å². The van der Waals surface area contributed by atoms with Crippen molar-refractivity contribution >= 4 is 51.1 Å². The van der Waals surface area contributed by atoms with Crippen LogP contribution in [0.1, 0.15) is 83.7 Å². The highest BCUT2D eigenvalue weighted by molar-refractivity contribution is 6.03. The first-order valence-corrected chi connectivity index (χ1v) is 18.3. The second-order valence-electron chi connectivity index (χ2n) is 14.2. The van der Waals surface area contributed by atoms with Gasteiger partial charge in [0.25, 0.3) is 11.5 Å². The Morgan fingerprint density at radius 3 is 2.65 bits per heavy atom. The van der Waals surface area contributed by atoms with Crippen LogP contribution in [0.25, 0.3) is 33.4 Å². The van der Waals surface area contributed by atoms with Crippen LogP contribution in [0, 0.1) is 18.8 Å². The van der Waals surface area contributed by atoms with Crippen LogP contribution in [0.3, 0.4) is 0 Å². The Balaban J connectivity index is 0.963. The van der Waals surface area contributed by atoms with Gasteiger partial charge in [-0.15, -0.1) is 0 Å². The molecule has 1 unspecified atom stereocenters. The van der Waals surface area contributed by atoms with Gasteiger partial charge in [0.15, 0.2) is 11.6 Å². The van der Waals surface area contributed by atoms with Crippen LogP contribution in [-0.2, 0) is 23.1 Å². The standard InChI is InChI=1S/C42H38N8O5/c1-23(2)33-20-34(30-18-24(3)42(54)49(4)39(30)47-33)50-17-7-10-31-35(50)22-45-38(46-31)25-12-14-32(44-21-25)41(53)43-16-6-8-26-19-29-27(9-5-11-36(29)55-26)28-13-15-37(51)48-40(28)52/h5,9,11-12,14,18-23,28H,7,10,13,15-17H2,1-4H3,(H,43,53)(H,48,51,52). The first kappa shape index (κ1) is 35.4. The van der Waals surface area contributed by atoms with Gasteiger partial charge >= 0.3 is 0 Å². The van der Waals surface area contributed by atoms with E-state index in [9.17, 15) is 19.2 Å². The van der Waals surface area contributed by atoms with Gasteiger partial charge < -0.3 is 14.6 Å². The molecule has 6 aromatic rings. The molecule has 0 bridgehead atoms. The number of furan rings is 1. The third kappa shape index (κ3) is 6.71. The van der Waals surface area contributed by atoms with Gasteiger partial charge in [-0.2, -0.15) is 0 Å². The maximum atomic E-state index is 12.9. The number of fused-ring (bicyclic) bond motifs is 3. The highest BCUT2D eigenvalue weighted by atomic mass is 16.3. The van der Waals surface area contributed by atoms with Crippen LogP contribution in [0.15, 0.2) is 70.1 Å². The Hall–Kier alpha value is -6.68. The van der Waals surface area contributed by atoms with Crippen molar-refractivity contribution in [2.75, 3.05) is 18.0 Å². The second kappa shape index (κ2) is 14.3. The molecular weight excluding hydrogens is 697 g/mol. The monoisotopic (exact) mass is 734 g/mol. The highest BCUT2D eigenvalue weighted by Gasteiger charge is 2.30. The Kier molecular flexibility index (Phi) is 9.18. The van der Waals surface area contributed by atoms with E-state index < -0.39 is 5.92 Å². The van der Waals surface area contributed by atoms with Gasteiger partial charge in [-0.3, -0.25) is 34.0 Å². The van der Waals surface area contributed by atoms with E-state index in [1.165, 1.54) is 0 Å². The summed E-state index contributed by atoms with van der Waals surface area (Å²) < 4.78 is 7.51. The third-order valence-electron chi connectivity index (χ3n) is 10.2. The maximum absolute atomic E-state index is 12.9. The molecule has 1 fully saturated rings. The fourth-order valence-corrected chi connectivity index (χ4v) is 7.28. The van der Waals surface area contributed by atoms with Gasteiger partial charge in [0.05, 0.1) is 35.7 Å². The number of nitrogens with one attached hydrogen (secondary N) is 2. The van der Waals surface area contributed by atoms with Crippen molar-refractivity contribution in [2.45, 2.75) is 58.3 Å². The van der Waals surface area contributed by atoms with Gasteiger partial charge in [-0.25, -0.2) is 15.0 Å². The van der Waals surface area contributed by atoms with Gasteiger partial charge in [0, 0.05) is 59.9 Å². The van der Waals surface area contributed by atoms with E-state index in [1.807, 2.05) is 31.3 Å². The normalized spacial score (nSPS) is 15.5. The smallest absolute Gasteiger partial charge is 0.270 e. The van der Waals surface area contributed by atoms with Crippen molar-refractivity contribution in [2.24, 2.45) is 7.05 Å². The van der Waals surface area contributed by atoms with Crippen molar-refractivity contribution in [3.05, 3.63) is 105 Å². The number of hydrogen-bond donors (Lipinski definition) is 2. The zero-order valence-electron chi connectivity index (χ0n) is 30.9. The minimum Gasteiger partial charge on any atom is -0.448 e. The Bertz CT molecular complexity index is 2670. The van der Waals surface area contributed by atoms with Gasteiger partial charge in [0.1, 0.15) is 16.9 Å². The van der Waals surface area contributed by atoms with Crippen LogP contribution in [0.5, 0.6) is 0 Å². The molecular formula is C42H38N8O5. The largest absolute Gasteiger partial charge is 0.448 e. The number of hydrogen-bond acceptors (Lipinski definition) is 10. The zero-order chi connectivity index (χ0) is 38.4. The molecule has 8 rings (SSSR count). The summed E-state index contributed by atoms with van der Waals surface area (Å²) >= 11 is 0. The van der Waals surface area contributed by atoms with E-state index >= 15 is 0 Å². The fourth-order valence-electron chi connectivity index (χ4n) is 7.28. The van der Waals surface area contributed by atoms with Crippen LogP contribution in [0.4, 0.5) is 11.4 Å². The summed E-state index contributed by atoms with van der Waals surface area (Å²) in [4.78, 5) is 71.0. The number of aryl methyl sites for hydroxylation is 3. The predicted octanol–water partition coefficient (Wildman–Crippen LogP) is 5.35. The van der Waals surface area contributed by atoms with Crippen LogP contribution in [-0.4, -0.2) is 55.3 Å². The summed E-state index contributed by atoms with van der Waals surface area (Å²) in [7, 11) is 1.77. The lowest BCUT2D eigenvalue weighted by atomic mass is 9.88. The quantitative estimate of drug-likeness (QED) is 0.168. The van der Waals surface area contributed by atoms with Crippen LogP contribution < -0.4 is 21.1 Å². The second-order valence-corrected chi connectivity index (χ2v) is 14.2. The Morgan fingerprint density at radius 2 is 1.87 bits per heavy atom. The number of piperidine rings is 1. The molecule has 2 aliphatic heterocycles. The molecule has 0 spiro atoms. The average molecular weight is 735 g/mol. The minimum absolute atomic E-state index is 0.0606. The first-order valence-electron chi connectivity index (χ1n) is 18.3. The lowest BCUT2D eigenvalue weighted by molar-refractivity contribution is -0.134. The highest BCUT2D eigenvalue weighted by Crippen LogP contribution is 2.38. The number of imide groups is 1. The third-order valence-corrected chi connectivity index (χ3v) is 10.2. The molecule has 276 valence electrons. The summed E-state index contributed by atoms with van der Waals surface area (Å²) in [5, 5.41) is 6.84. The average Bonchev–Trinajstić information content (AvgIpc) is 3.61. The molecule has 0 radical (unpaired) electrons. The van der Waals surface area contributed by atoms with E-state index in [0.717, 1.165) is 58.5 Å². The summed E-state index contributed by atoms with van der Waals surface area (Å²) in [6, 6.07) is 14.7. The molecule has 55 heavy (non-hydrogen) atoms. The number of benzene rings is 1. The van der Waals surface area contributed by atoms with Crippen molar-refractivity contribution in [1.82, 2.24) is 35.1 Å². The Morgan fingerprint density at radius 1 is 1.02 bits per heavy atom. The number of anilines is 2. The lowest BCUT2D eigenvalue weighted by Crippen LogP contribution is -2.39. The topological polar surface area (TPSA) is 165 Å². The molecule has 2 aliphatic rings. The summed E-state index contributed by atoms with van der Waals surface area (Å²) in [6.45, 7) is 6.84. The number of nitrogens with zero attached hydrogens (tertiary/aromatic N) is 6. The number of amides is 3. The molecule has 1 saturated heterocycles. The molecule has 1 atom stereocenters. The molecule has 0 saturated carbocycles. The lowest BCUT2D eigenvalue weighted by Gasteiger charge is -2.32. The van der Waals surface area contributed by atoms with Crippen molar-refractivity contribution in [3.63, 3.8) is 0 Å². The molecule has 0 aliphatic carbocycles. The van der Waals surface area contributed by atoms with E-state index in [-0.39, 0.29) is 47.9 Å². The summed E-state index contributed by atoms with van der Waals surface area (Å²) in [5.74, 6) is 5.53. The number of carbonyl (C=O) groups excluding carboxylic acids is 3. The molecule has 13 heteroatoms. The number of pyridine rings is 3. The van der Waals surface area contributed by atoms with E-state index in [0.29, 0.717) is 40.4 Å². The van der Waals surface area contributed by atoms with Crippen molar-refractivity contribution in [1.29, 1.82) is 0 Å². The molecule has 7 heterocycles. The molecule has 2 N–H and O–H groups in total. The number of aromatic nitrogens is 5. The van der Waals surface area contributed by atoms with Crippen molar-refractivity contribution < 1.29 is 18.8 Å². The fraction of sp³-hybridized carbons (Fsp3) is 0.286. The van der Waals surface area contributed by atoms with Crippen LogP contribution >= 0.6 is 0 Å². The molecule has 3 amide bonds. The van der Waals surface area contributed by atoms with E-state index in [2.05, 4.69) is 52.3 Å². The number of rotatable bonds is 6. The van der Waals surface area contributed by atoms with Gasteiger partial charge in [0.2, 0.25) is 11.8 Å². The SMILES string of the molecule is Cc1cc2c(N3CCCc4nc(-c5ccc(C(=O)NCC#Cc6cc7c(C8CCC(=O)NC8=O)cccc7o6)nc5)ncc43)cc(C(C)C)nc2n(C)c1=O. The van der Waals surface area contributed by atoms with E-state index in [1.54, 1.807) is 42.1 Å². The minimum atomic E-state index is -0.442. The predicted molar refractivity (Wildman–Crippen MR) is 207 cm³/mol. The zero-order valence-corrected chi connectivity index (χ0v) is 30.9.